The van der Waals surface area contributed by atoms with E-state index in [1.807, 2.05) is 0 Å². The molecule has 0 saturated carbocycles. The molecular formula is C48H52N2. The lowest BCUT2D eigenvalue weighted by Gasteiger charge is -2.27. The monoisotopic (exact) mass is 656 g/mol. The van der Waals surface area contributed by atoms with Crippen molar-refractivity contribution in [3.05, 3.63) is 168 Å². The maximum Gasteiger partial charge on any atom is 0.0464 e. The average Bonchev–Trinajstić information content (AvgIpc) is 3.18. The third-order valence-corrected chi connectivity index (χ3v) is 9.77. The van der Waals surface area contributed by atoms with Gasteiger partial charge >= 0.3 is 0 Å². The fraction of sp³-hybridized carbons (Fsp3) is 0.250. The minimum Gasteiger partial charge on any atom is -0.310 e. The number of hydrogen-bond donors (Lipinski definition) is 0. The number of unbranched alkanes of at least 4 members (excludes halogenated alkanes) is 2. The van der Waals surface area contributed by atoms with E-state index < -0.39 is 0 Å². The molecule has 254 valence electrons. The number of anilines is 6. The maximum atomic E-state index is 2.39. The van der Waals surface area contributed by atoms with E-state index in [2.05, 4.69) is 183 Å². The van der Waals surface area contributed by atoms with Gasteiger partial charge in [0.15, 0.2) is 0 Å². The average molecular weight is 657 g/mol. The zero-order valence-corrected chi connectivity index (χ0v) is 30.4. The van der Waals surface area contributed by atoms with Crippen LogP contribution in [-0.4, -0.2) is 0 Å². The van der Waals surface area contributed by atoms with Crippen LogP contribution in [0, 0.1) is 0 Å². The van der Waals surface area contributed by atoms with Crippen molar-refractivity contribution in [1.29, 1.82) is 0 Å². The van der Waals surface area contributed by atoms with Gasteiger partial charge in [0, 0.05) is 34.1 Å². The summed E-state index contributed by atoms with van der Waals surface area (Å²) in [6, 6.07) is 54.2. The van der Waals surface area contributed by atoms with Gasteiger partial charge in [0.2, 0.25) is 0 Å². The molecule has 0 bridgehead atoms. The van der Waals surface area contributed by atoms with E-state index in [-0.39, 0.29) is 0 Å². The number of rotatable bonds is 15. The van der Waals surface area contributed by atoms with Crippen LogP contribution in [-0.2, 0) is 25.7 Å². The Hall–Kier alpha value is -5.08. The molecule has 0 unspecified atom stereocenters. The highest BCUT2D eigenvalue weighted by Crippen LogP contribution is 2.39. The number of nitrogens with zero attached hydrogens (tertiary/aromatic N) is 2. The summed E-state index contributed by atoms with van der Waals surface area (Å²) in [5.41, 5.74) is 15.0. The van der Waals surface area contributed by atoms with Gasteiger partial charge in [-0.3, -0.25) is 0 Å². The van der Waals surface area contributed by atoms with E-state index in [1.54, 1.807) is 0 Å². The van der Waals surface area contributed by atoms with E-state index in [1.165, 1.54) is 81.8 Å². The van der Waals surface area contributed by atoms with Crippen molar-refractivity contribution in [1.82, 2.24) is 0 Å². The third kappa shape index (κ3) is 8.37. The Morgan fingerprint density at radius 1 is 0.340 bits per heavy atom. The topological polar surface area (TPSA) is 6.48 Å². The van der Waals surface area contributed by atoms with Gasteiger partial charge in [0.1, 0.15) is 0 Å². The van der Waals surface area contributed by atoms with Crippen LogP contribution in [0.2, 0.25) is 0 Å². The second-order valence-electron chi connectivity index (χ2n) is 13.4. The molecule has 6 aromatic carbocycles. The normalized spacial score (nSPS) is 11.0. The van der Waals surface area contributed by atoms with Crippen LogP contribution in [0.25, 0.3) is 11.1 Å². The van der Waals surface area contributed by atoms with Gasteiger partial charge in [0.05, 0.1) is 0 Å². The summed E-state index contributed by atoms with van der Waals surface area (Å²) in [5.74, 6) is 0. The molecule has 0 amide bonds. The Morgan fingerprint density at radius 3 is 1.00 bits per heavy atom. The SMILES string of the molecule is CCCCc1cccc(N(c2ccc(CC)cc2)c2ccc(-c3ccc(N(c4ccc(CC)cc4)c4cccc(CCCC)c4)cc3)cc2)c1. The van der Waals surface area contributed by atoms with Crippen molar-refractivity contribution in [3.63, 3.8) is 0 Å². The van der Waals surface area contributed by atoms with E-state index in [0.29, 0.717) is 0 Å². The van der Waals surface area contributed by atoms with Crippen LogP contribution in [0.3, 0.4) is 0 Å². The molecule has 0 atom stereocenters. The van der Waals surface area contributed by atoms with Gasteiger partial charge in [-0.2, -0.15) is 0 Å². The summed E-state index contributed by atoms with van der Waals surface area (Å²) in [4.78, 5) is 4.77. The number of benzene rings is 6. The Kier molecular flexibility index (Phi) is 11.8. The smallest absolute Gasteiger partial charge is 0.0464 e. The fourth-order valence-corrected chi connectivity index (χ4v) is 6.73. The summed E-state index contributed by atoms with van der Waals surface area (Å²) in [5, 5.41) is 0. The van der Waals surface area contributed by atoms with Gasteiger partial charge in [-0.25, -0.2) is 0 Å². The second-order valence-corrected chi connectivity index (χ2v) is 13.4. The molecule has 0 saturated heterocycles. The summed E-state index contributed by atoms with van der Waals surface area (Å²) in [7, 11) is 0. The Labute approximate surface area is 301 Å². The van der Waals surface area contributed by atoms with Crippen LogP contribution in [0.4, 0.5) is 34.1 Å². The highest BCUT2D eigenvalue weighted by Gasteiger charge is 2.16. The summed E-state index contributed by atoms with van der Waals surface area (Å²) < 4.78 is 0. The van der Waals surface area contributed by atoms with Crippen molar-refractivity contribution in [3.8, 4) is 11.1 Å². The van der Waals surface area contributed by atoms with Crippen LogP contribution >= 0.6 is 0 Å². The molecule has 6 aromatic rings. The quantitative estimate of drug-likeness (QED) is 0.109. The number of aryl methyl sites for hydroxylation is 4. The van der Waals surface area contributed by atoms with Crippen molar-refractivity contribution in [2.75, 3.05) is 9.80 Å². The lowest BCUT2D eigenvalue weighted by molar-refractivity contribution is 0.795. The second kappa shape index (κ2) is 17.0. The van der Waals surface area contributed by atoms with Crippen LogP contribution in [0.5, 0.6) is 0 Å². The predicted molar refractivity (Wildman–Crippen MR) is 217 cm³/mol. The van der Waals surface area contributed by atoms with Gasteiger partial charge in [-0.1, -0.05) is 113 Å². The first kappa shape index (κ1) is 34.8. The molecule has 0 heterocycles. The molecule has 0 aliphatic rings. The summed E-state index contributed by atoms with van der Waals surface area (Å²) in [6.45, 7) is 8.94. The van der Waals surface area contributed by atoms with E-state index in [9.17, 15) is 0 Å². The molecule has 2 heteroatoms. The fourth-order valence-electron chi connectivity index (χ4n) is 6.73. The maximum absolute atomic E-state index is 2.39. The zero-order valence-electron chi connectivity index (χ0n) is 30.4. The molecule has 0 spiro atoms. The largest absolute Gasteiger partial charge is 0.310 e. The van der Waals surface area contributed by atoms with Crippen molar-refractivity contribution >= 4 is 34.1 Å². The molecule has 6 rings (SSSR count). The van der Waals surface area contributed by atoms with Crippen LogP contribution in [0.1, 0.15) is 75.6 Å². The lowest BCUT2D eigenvalue weighted by Crippen LogP contribution is -2.10. The minimum absolute atomic E-state index is 1.04. The van der Waals surface area contributed by atoms with E-state index in [4.69, 9.17) is 0 Å². The first-order chi connectivity index (χ1) is 24.6. The predicted octanol–water partition coefficient (Wildman–Crippen LogP) is 14.1. The molecule has 0 aliphatic heterocycles. The highest BCUT2D eigenvalue weighted by atomic mass is 15.1. The molecule has 50 heavy (non-hydrogen) atoms. The van der Waals surface area contributed by atoms with Gasteiger partial charge in [-0.05, 0) is 145 Å². The van der Waals surface area contributed by atoms with Crippen molar-refractivity contribution in [2.45, 2.75) is 79.1 Å². The molecule has 0 radical (unpaired) electrons. The Balaban J connectivity index is 1.31. The van der Waals surface area contributed by atoms with Gasteiger partial charge in [0.25, 0.3) is 0 Å². The standard InChI is InChI=1S/C48H52N2/c1-5-9-13-39-15-11-17-47(35-39)49(43-27-19-37(7-3)20-28-43)45-31-23-41(24-32-45)42-25-33-46(34-26-42)50(44-29-21-38(8-4)22-30-44)48-18-12-16-40(36-48)14-10-6-2/h11-12,15-36H,5-10,13-14H2,1-4H3. The highest BCUT2D eigenvalue weighted by molar-refractivity contribution is 5.81. The Morgan fingerprint density at radius 2 is 0.680 bits per heavy atom. The summed E-state index contributed by atoms with van der Waals surface area (Å²) >= 11 is 0. The molecule has 0 N–H and O–H groups in total. The molecule has 0 aromatic heterocycles. The van der Waals surface area contributed by atoms with Crippen LogP contribution in [0.15, 0.2) is 146 Å². The molecular weight excluding hydrogens is 605 g/mol. The van der Waals surface area contributed by atoms with E-state index in [0.717, 1.165) is 37.1 Å². The first-order valence-electron chi connectivity index (χ1n) is 18.8. The van der Waals surface area contributed by atoms with E-state index >= 15 is 0 Å². The van der Waals surface area contributed by atoms with Crippen LogP contribution < -0.4 is 9.80 Å². The third-order valence-electron chi connectivity index (χ3n) is 9.77. The van der Waals surface area contributed by atoms with Crippen molar-refractivity contribution in [2.24, 2.45) is 0 Å². The first-order valence-corrected chi connectivity index (χ1v) is 18.8. The summed E-state index contributed by atoms with van der Waals surface area (Å²) in [6.07, 6.45) is 9.09. The Bertz CT molecular complexity index is 1780. The molecule has 0 aliphatic carbocycles. The molecule has 2 nitrogen and oxygen atoms in total. The minimum atomic E-state index is 1.04. The number of hydrogen-bond acceptors (Lipinski definition) is 2. The van der Waals surface area contributed by atoms with Gasteiger partial charge < -0.3 is 9.80 Å². The van der Waals surface area contributed by atoms with Gasteiger partial charge in [-0.15, -0.1) is 0 Å². The van der Waals surface area contributed by atoms with Crippen molar-refractivity contribution < 1.29 is 0 Å². The lowest BCUT2D eigenvalue weighted by atomic mass is 10.0. The zero-order chi connectivity index (χ0) is 34.7. The molecule has 0 fully saturated rings.